The molecule has 0 aromatic heterocycles. The summed E-state index contributed by atoms with van der Waals surface area (Å²) in [6.07, 6.45) is 0. The quantitative estimate of drug-likeness (QED) is 0.514. The van der Waals surface area contributed by atoms with Crippen molar-refractivity contribution in [1.29, 1.82) is 10.5 Å². The maximum atomic E-state index is 11.1. The number of nitro groups is 1. The minimum Gasteiger partial charge on any atom is -0.269 e. The summed E-state index contributed by atoms with van der Waals surface area (Å²) in [6, 6.07) is 6.29. The number of nitro benzene ring substituents is 1. The van der Waals surface area contributed by atoms with Crippen LogP contribution in [0.4, 0.5) is 11.4 Å². The van der Waals surface area contributed by atoms with E-state index in [0.717, 1.165) is 5.56 Å². The number of hydrogen-bond acceptors (Lipinski definition) is 6. The molecule has 0 unspecified atom stereocenters. The molecule has 1 N–H and O–H groups in total. The fourth-order valence-corrected chi connectivity index (χ4v) is 1.94. The highest BCUT2D eigenvalue weighted by molar-refractivity contribution is 9.10. The Bertz CT molecular complexity index is 639. The number of anilines is 1. The average Bonchev–Trinajstić information content (AvgIpc) is 2.40. The molecule has 0 aliphatic carbocycles. The lowest BCUT2D eigenvalue weighted by molar-refractivity contribution is -0.384. The Kier molecular flexibility index (Phi) is 5.18. The molecule has 0 atom stereocenters. The largest absolute Gasteiger partial charge is 0.295 e. The van der Waals surface area contributed by atoms with Crippen LogP contribution >= 0.6 is 15.9 Å². The van der Waals surface area contributed by atoms with E-state index in [2.05, 4.69) is 26.5 Å². The van der Waals surface area contributed by atoms with Gasteiger partial charge in [-0.3, -0.25) is 15.5 Å². The van der Waals surface area contributed by atoms with Crippen molar-refractivity contribution in [3.63, 3.8) is 0 Å². The number of nitriles is 2. The summed E-state index contributed by atoms with van der Waals surface area (Å²) in [6.45, 7) is 3.83. The lowest BCUT2D eigenvalue weighted by Crippen LogP contribution is -2.02. The van der Waals surface area contributed by atoms with Gasteiger partial charge >= 0.3 is 0 Å². The molecule has 0 amide bonds. The molecule has 0 saturated heterocycles. The third-order valence-corrected chi connectivity index (χ3v) is 3.07. The van der Waals surface area contributed by atoms with Gasteiger partial charge in [-0.05, 0) is 33.5 Å². The normalized spacial score (nSPS) is 9.50. The Morgan fingerprint density at radius 3 is 2.50 bits per heavy atom. The van der Waals surface area contributed by atoms with Crippen LogP contribution in [0.25, 0.3) is 0 Å². The summed E-state index contributed by atoms with van der Waals surface area (Å²) in [5.41, 5.74) is 2.68. The Labute approximate surface area is 123 Å². The molecule has 0 aliphatic heterocycles. The average molecular weight is 336 g/mol. The number of nitrogens with one attached hydrogen (secondary N) is 1. The molecule has 7 nitrogen and oxygen atoms in total. The summed E-state index contributed by atoms with van der Waals surface area (Å²) >= 11 is 3.23. The summed E-state index contributed by atoms with van der Waals surface area (Å²) in [5.74, 6) is 0.122. The predicted octanol–water partition coefficient (Wildman–Crippen LogP) is 3.30. The van der Waals surface area contributed by atoms with Crippen molar-refractivity contribution in [2.45, 2.75) is 19.8 Å². The predicted molar refractivity (Wildman–Crippen MR) is 77.2 cm³/mol. The zero-order valence-corrected chi connectivity index (χ0v) is 12.3. The van der Waals surface area contributed by atoms with Gasteiger partial charge in [0.15, 0.2) is 0 Å². The third kappa shape index (κ3) is 3.53. The summed E-state index contributed by atoms with van der Waals surface area (Å²) in [7, 11) is 0. The van der Waals surface area contributed by atoms with Crippen LogP contribution in [0.1, 0.15) is 25.3 Å². The van der Waals surface area contributed by atoms with E-state index in [0.29, 0.717) is 4.47 Å². The molecule has 0 saturated carbocycles. The number of nitrogens with zero attached hydrogens (tertiary/aromatic N) is 4. The first-order valence-electron chi connectivity index (χ1n) is 5.52. The van der Waals surface area contributed by atoms with Gasteiger partial charge in [0.2, 0.25) is 5.71 Å². The van der Waals surface area contributed by atoms with E-state index in [1.54, 1.807) is 18.2 Å². The molecule has 20 heavy (non-hydrogen) atoms. The number of hydrazone groups is 1. The van der Waals surface area contributed by atoms with E-state index in [-0.39, 0.29) is 17.3 Å². The van der Waals surface area contributed by atoms with Crippen LogP contribution in [0.5, 0.6) is 0 Å². The van der Waals surface area contributed by atoms with Crippen molar-refractivity contribution in [2.24, 2.45) is 5.10 Å². The molecule has 1 aromatic rings. The van der Waals surface area contributed by atoms with Gasteiger partial charge in [-0.2, -0.15) is 15.6 Å². The van der Waals surface area contributed by atoms with Gasteiger partial charge < -0.3 is 0 Å². The molecule has 0 aliphatic rings. The number of benzene rings is 1. The van der Waals surface area contributed by atoms with Gasteiger partial charge in [0.05, 0.1) is 4.92 Å². The molecule has 1 aromatic carbocycles. The number of hydrogen-bond donors (Lipinski definition) is 1. The molecule has 0 bridgehead atoms. The van der Waals surface area contributed by atoms with E-state index in [4.69, 9.17) is 10.5 Å². The highest BCUT2D eigenvalue weighted by Gasteiger charge is 2.19. The fraction of sp³-hybridized carbons (Fsp3) is 0.250. The molecule has 0 spiro atoms. The van der Waals surface area contributed by atoms with E-state index < -0.39 is 10.6 Å². The summed E-state index contributed by atoms with van der Waals surface area (Å²) < 4.78 is 0.439. The lowest BCUT2D eigenvalue weighted by atomic mass is 10.0. The van der Waals surface area contributed by atoms with Crippen LogP contribution in [-0.2, 0) is 0 Å². The first kappa shape index (κ1) is 15.6. The van der Waals surface area contributed by atoms with Gasteiger partial charge in [-0.15, -0.1) is 0 Å². The van der Waals surface area contributed by atoms with Crippen LogP contribution in [0.3, 0.4) is 0 Å². The van der Waals surface area contributed by atoms with Crippen molar-refractivity contribution in [2.75, 3.05) is 5.43 Å². The smallest absolute Gasteiger partial charge is 0.269 e. The van der Waals surface area contributed by atoms with E-state index in [1.165, 1.54) is 6.07 Å². The Balaban J connectivity index is 3.33. The fourth-order valence-electron chi connectivity index (χ4n) is 1.39. The van der Waals surface area contributed by atoms with E-state index in [1.807, 2.05) is 13.8 Å². The zero-order valence-electron chi connectivity index (χ0n) is 10.7. The maximum Gasteiger partial charge on any atom is 0.295 e. The van der Waals surface area contributed by atoms with Gasteiger partial charge in [0.25, 0.3) is 5.69 Å². The minimum absolute atomic E-state index is 0.0994. The zero-order chi connectivity index (χ0) is 15.3. The van der Waals surface area contributed by atoms with Gasteiger partial charge in [0, 0.05) is 10.5 Å². The number of rotatable bonds is 4. The Morgan fingerprint density at radius 1 is 1.45 bits per heavy atom. The van der Waals surface area contributed by atoms with Crippen molar-refractivity contribution < 1.29 is 4.92 Å². The van der Waals surface area contributed by atoms with Crippen LogP contribution in [0.2, 0.25) is 0 Å². The first-order valence-corrected chi connectivity index (χ1v) is 6.31. The molecule has 0 fully saturated rings. The molecular weight excluding hydrogens is 326 g/mol. The van der Waals surface area contributed by atoms with Gasteiger partial charge in [0.1, 0.15) is 17.8 Å². The van der Waals surface area contributed by atoms with E-state index in [9.17, 15) is 10.1 Å². The van der Waals surface area contributed by atoms with Gasteiger partial charge in [-0.25, -0.2) is 0 Å². The second-order valence-electron chi connectivity index (χ2n) is 4.10. The topological polar surface area (TPSA) is 115 Å². The molecular formula is C12H10BrN5O2. The van der Waals surface area contributed by atoms with Crippen LogP contribution < -0.4 is 5.43 Å². The van der Waals surface area contributed by atoms with Crippen molar-refractivity contribution in [3.8, 4) is 12.1 Å². The summed E-state index contributed by atoms with van der Waals surface area (Å²) in [5, 5.41) is 31.8. The van der Waals surface area contributed by atoms with Gasteiger partial charge in [-0.1, -0.05) is 13.8 Å². The monoisotopic (exact) mass is 335 g/mol. The standard InChI is InChI=1S/C12H10BrN5O2/c1-7(2)8-3-10(13)12(11(4-8)18(19)20)17-16-9(5-14)6-15/h3-4,7,17H,1-2H3. The SMILES string of the molecule is CC(C)c1cc(Br)c(NN=C(C#N)C#N)c([N+](=O)[O-])c1. The summed E-state index contributed by atoms with van der Waals surface area (Å²) in [4.78, 5) is 10.6. The molecule has 8 heteroatoms. The van der Waals surface area contributed by atoms with Crippen molar-refractivity contribution in [3.05, 3.63) is 32.3 Å². The highest BCUT2D eigenvalue weighted by atomic mass is 79.9. The lowest BCUT2D eigenvalue weighted by Gasteiger charge is -2.10. The highest BCUT2D eigenvalue weighted by Crippen LogP contribution is 2.36. The number of halogens is 1. The second-order valence-corrected chi connectivity index (χ2v) is 4.96. The van der Waals surface area contributed by atoms with E-state index >= 15 is 0 Å². The van der Waals surface area contributed by atoms with Crippen LogP contribution in [-0.4, -0.2) is 10.6 Å². The molecule has 0 heterocycles. The minimum atomic E-state index is -0.549. The van der Waals surface area contributed by atoms with Crippen molar-refractivity contribution in [1.82, 2.24) is 0 Å². The second kappa shape index (κ2) is 6.64. The molecule has 1 rings (SSSR count). The third-order valence-electron chi connectivity index (χ3n) is 2.45. The molecule has 102 valence electrons. The Hall–Kier alpha value is -2.45. The van der Waals surface area contributed by atoms with Crippen LogP contribution in [0, 0.1) is 32.8 Å². The van der Waals surface area contributed by atoms with Crippen LogP contribution in [0.15, 0.2) is 21.7 Å². The first-order chi connectivity index (χ1) is 9.40. The Morgan fingerprint density at radius 2 is 2.05 bits per heavy atom. The van der Waals surface area contributed by atoms with Crippen molar-refractivity contribution >= 4 is 33.0 Å². The molecule has 0 radical (unpaired) electrons. The maximum absolute atomic E-state index is 11.1.